The van der Waals surface area contributed by atoms with Gasteiger partial charge in [-0.1, -0.05) is 39.7 Å². The van der Waals surface area contributed by atoms with Crippen molar-refractivity contribution in [1.82, 2.24) is 0 Å². The van der Waals surface area contributed by atoms with Gasteiger partial charge in [-0.2, -0.15) is 0 Å². The molecule has 0 bridgehead atoms. The Morgan fingerprint density at radius 2 is 1.91 bits per heavy atom. The molecule has 22 heavy (non-hydrogen) atoms. The summed E-state index contributed by atoms with van der Waals surface area (Å²) >= 11 is 9.06. The van der Waals surface area contributed by atoms with Crippen LogP contribution in [0.3, 0.4) is 0 Å². The fourth-order valence-electron chi connectivity index (χ4n) is 1.97. The molecule has 114 valence electrons. The summed E-state index contributed by atoms with van der Waals surface area (Å²) in [5.74, 6) is -0.0635. The number of alkyl halides is 1. The zero-order chi connectivity index (χ0) is 16.1. The summed E-state index contributed by atoms with van der Waals surface area (Å²) in [6.45, 7) is 0. The van der Waals surface area contributed by atoms with Gasteiger partial charge in [0, 0.05) is 10.6 Å². The van der Waals surface area contributed by atoms with Gasteiger partial charge >= 0.3 is 0 Å². The number of methoxy groups -OCH3 is 1. The zero-order valence-electron chi connectivity index (χ0n) is 11.7. The number of nitrogens with one attached hydrogen (secondary N) is 1. The summed E-state index contributed by atoms with van der Waals surface area (Å²) in [6, 6.07) is 11.6. The summed E-state index contributed by atoms with van der Waals surface area (Å²) in [6.07, 6.45) is 0. The highest BCUT2D eigenvalue weighted by atomic mass is 79.9. The van der Waals surface area contributed by atoms with E-state index in [0.29, 0.717) is 27.6 Å². The Hall–Kier alpha value is -1.85. The second kappa shape index (κ2) is 7.42. The second-order valence-electron chi connectivity index (χ2n) is 4.40. The van der Waals surface area contributed by atoms with Gasteiger partial charge in [0.1, 0.15) is 5.75 Å². The highest BCUT2D eigenvalue weighted by Gasteiger charge is 2.18. The van der Waals surface area contributed by atoms with Crippen LogP contribution < -0.4 is 10.1 Å². The lowest BCUT2D eigenvalue weighted by Crippen LogP contribution is -2.16. The van der Waals surface area contributed by atoms with E-state index in [-0.39, 0.29) is 17.0 Å². The number of ether oxygens (including phenoxy) is 1. The maximum Gasteiger partial charge on any atom is 0.235 e. The van der Waals surface area contributed by atoms with Crippen LogP contribution in [0, 0.1) is 0 Å². The van der Waals surface area contributed by atoms with Gasteiger partial charge in [-0.25, -0.2) is 0 Å². The number of rotatable bonds is 5. The number of ketones is 1. The fraction of sp³-hybridized carbons (Fsp3) is 0.125. The van der Waals surface area contributed by atoms with E-state index in [0.717, 1.165) is 0 Å². The van der Waals surface area contributed by atoms with Crippen molar-refractivity contribution < 1.29 is 14.3 Å². The number of hydrogen-bond acceptors (Lipinski definition) is 3. The molecule has 0 atom stereocenters. The molecule has 0 unspecified atom stereocenters. The van der Waals surface area contributed by atoms with Crippen LogP contribution in [0.25, 0.3) is 0 Å². The van der Waals surface area contributed by atoms with Crippen LogP contribution in [0.1, 0.15) is 15.9 Å². The van der Waals surface area contributed by atoms with Crippen LogP contribution in [-0.2, 0) is 4.79 Å². The van der Waals surface area contributed by atoms with Crippen molar-refractivity contribution in [3.8, 4) is 5.75 Å². The first kappa shape index (κ1) is 16.5. The number of hydrogen-bond donors (Lipinski definition) is 1. The molecule has 1 N–H and O–H groups in total. The summed E-state index contributed by atoms with van der Waals surface area (Å²) in [7, 11) is 1.50. The van der Waals surface area contributed by atoms with Gasteiger partial charge in [0.2, 0.25) is 5.91 Å². The van der Waals surface area contributed by atoms with E-state index in [1.54, 1.807) is 36.4 Å². The molecule has 1 amide bonds. The molecular formula is C16H13BrClNO3. The maximum absolute atomic E-state index is 12.8. The molecule has 6 heteroatoms. The van der Waals surface area contributed by atoms with Crippen LogP contribution >= 0.6 is 27.5 Å². The lowest BCUT2D eigenvalue weighted by atomic mass is 10.0. The largest absolute Gasteiger partial charge is 0.496 e. The Morgan fingerprint density at radius 1 is 1.18 bits per heavy atom. The fourth-order valence-corrected chi connectivity index (χ4v) is 2.29. The first-order valence-corrected chi connectivity index (χ1v) is 7.90. The first-order valence-electron chi connectivity index (χ1n) is 6.40. The SMILES string of the molecule is COc1ccccc1C(=O)c1cc(Cl)ccc1NC(=O)CBr. The maximum atomic E-state index is 12.8. The zero-order valence-corrected chi connectivity index (χ0v) is 14.1. The number of para-hydroxylation sites is 1. The van der Waals surface area contributed by atoms with Crippen molar-refractivity contribution in [3.05, 3.63) is 58.6 Å². The number of amides is 1. The topological polar surface area (TPSA) is 55.4 Å². The minimum absolute atomic E-state index is 0.137. The van der Waals surface area contributed by atoms with E-state index < -0.39 is 0 Å². The summed E-state index contributed by atoms with van der Waals surface area (Å²) in [5.41, 5.74) is 1.12. The van der Waals surface area contributed by atoms with Gasteiger partial charge in [-0.3, -0.25) is 9.59 Å². The molecular weight excluding hydrogens is 370 g/mol. The molecule has 0 saturated heterocycles. The highest BCUT2D eigenvalue weighted by Crippen LogP contribution is 2.27. The summed E-state index contributed by atoms with van der Waals surface area (Å²) in [5, 5.41) is 3.22. The smallest absolute Gasteiger partial charge is 0.235 e. The van der Waals surface area contributed by atoms with Crippen molar-refractivity contribution in [3.63, 3.8) is 0 Å². The predicted octanol–water partition coefficient (Wildman–Crippen LogP) is 3.91. The van der Waals surface area contributed by atoms with E-state index in [1.165, 1.54) is 13.2 Å². The van der Waals surface area contributed by atoms with E-state index in [4.69, 9.17) is 16.3 Å². The van der Waals surface area contributed by atoms with Crippen molar-refractivity contribution in [2.24, 2.45) is 0 Å². The lowest BCUT2D eigenvalue weighted by Gasteiger charge is -2.12. The molecule has 0 aliphatic carbocycles. The van der Waals surface area contributed by atoms with Gasteiger partial charge in [0.25, 0.3) is 0 Å². The normalized spacial score (nSPS) is 10.1. The van der Waals surface area contributed by atoms with Crippen LogP contribution in [-0.4, -0.2) is 24.1 Å². The summed E-state index contributed by atoms with van der Waals surface area (Å²) < 4.78 is 5.21. The van der Waals surface area contributed by atoms with E-state index >= 15 is 0 Å². The van der Waals surface area contributed by atoms with Crippen molar-refractivity contribution >= 4 is 44.9 Å². The van der Waals surface area contributed by atoms with Crippen LogP contribution in [0.15, 0.2) is 42.5 Å². The highest BCUT2D eigenvalue weighted by molar-refractivity contribution is 9.09. The van der Waals surface area contributed by atoms with Gasteiger partial charge in [-0.15, -0.1) is 0 Å². The Kier molecular flexibility index (Phi) is 5.57. The molecule has 0 aliphatic heterocycles. The minimum atomic E-state index is -0.273. The molecule has 0 spiro atoms. The standard InChI is InChI=1S/C16H13BrClNO3/c1-22-14-5-3-2-4-11(14)16(21)12-8-10(18)6-7-13(12)19-15(20)9-17/h2-8H,9H2,1H3,(H,19,20). The van der Waals surface area contributed by atoms with E-state index in [2.05, 4.69) is 21.2 Å². The average molecular weight is 383 g/mol. The van der Waals surface area contributed by atoms with Crippen LogP contribution in [0.2, 0.25) is 5.02 Å². The van der Waals surface area contributed by atoms with E-state index in [9.17, 15) is 9.59 Å². The monoisotopic (exact) mass is 381 g/mol. The number of carbonyl (C=O) groups is 2. The number of anilines is 1. The van der Waals surface area contributed by atoms with Gasteiger partial charge in [0.15, 0.2) is 5.78 Å². The van der Waals surface area contributed by atoms with Crippen LogP contribution in [0.4, 0.5) is 5.69 Å². The molecule has 0 radical (unpaired) electrons. The van der Waals surface area contributed by atoms with E-state index in [1.807, 2.05) is 0 Å². The third kappa shape index (κ3) is 3.67. The summed E-state index contributed by atoms with van der Waals surface area (Å²) in [4.78, 5) is 24.3. The Balaban J connectivity index is 2.48. The number of carbonyl (C=O) groups excluding carboxylic acids is 2. The Bertz CT molecular complexity index is 718. The molecule has 0 saturated carbocycles. The molecule has 0 aromatic heterocycles. The predicted molar refractivity (Wildman–Crippen MR) is 90.3 cm³/mol. The Morgan fingerprint density at radius 3 is 2.59 bits per heavy atom. The third-order valence-corrected chi connectivity index (χ3v) is 3.72. The molecule has 0 fully saturated rings. The Labute approximate surface area is 141 Å². The average Bonchev–Trinajstić information content (AvgIpc) is 2.55. The molecule has 4 nitrogen and oxygen atoms in total. The van der Waals surface area contributed by atoms with Crippen molar-refractivity contribution in [2.45, 2.75) is 0 Å². The van der Waals surface area contributed by atoms with Crippen molar-refractivity contribution in [2.75, 3.05) is 17.8 Å². The first-order chi connectivity index (χ1) is 10.6. The molecule has 2 rings (SSSR count). The van der Waals surface area contributed by atoms with Gasteiger partial charge in [0.05, 0.1) is 23.7 Å². The molecule has 2 aromatic carbocycles. The lowest BCUT2D eigenvalue weighted by molar-refractivity contribution is -0.113. The van der Waals surface area contributed by atoms with Crippen LogP contribution in [0.5, 0.6) is 5.75 Å². The van der Waals surface area contributed by atoms with Crippen molar-refractivity contribution in [1.29, 1.82) is 0 Å². The molecule has 0 heterocycles. The minimum Gasteiger partial charge on any atom is -0.496 e. The number of benzene rings is 2. The quantitative estimate of drug-likeness (QED) is 0.630. The third-order valence-electron chi connectivity index (χ3n) is 2.97. The molecule has 2 aromatic rings. The van der Waals surface area contributed by atoms with Gasteiger partial charge < -0.3 is 10.1 Å². The second-order valence-corrected chi connectivity index (χ2v) is 5.40. The molecule has 0 aliphatic rings. The number of halogens is 2. The van der Waals surface area contributed by atoms with Gasteiger partial charge in [-0.05, 0) is 30.3 Å².